The van der Waals surface area contributed by atoms with Gasteiger partial charge in [-0.25, -0.2) is 0 Å². The van der Waals surface area contributed by atoms with E-state index in [2.05, 4.69) is 0 Å². The third-order valence-electron chi connectivity index (χ3n) is 3.64. The van der Waals surface area contributed by atoms with Crippen molar-refractivity contribution in [3.8, 4) is 0 Å². The molecule has 2 rings (SSSR count). The number of rotatable bonds is 6. The molecule has 7 nitrogen and oxygen atoms in total. The number of fused-ring (bicyclic) bond motifs is 1. The second-order valence-corrected chi connectivity index (χ2v) is 9.69. The molecular formula is C13H25O7P. The maximum absolute atomic E-state index is 12.0. The van der Waals surface area contributed by atoms with Gasteiger partial charge in [-0.1, -0.05) is 0 Å². The molecule has 2 fully saturated rings. The summed E-state index contributed by atoms with van der Waals surface area (Å²) in [6.07, 6.45) is -1.53. The lowest BCUT2D eigenvalue weighted by atomic mass is 10.1. The fraction of sp³-hybridized carbons (Fsp3) is 1.00. The summed E-state index contributed by atoms with van der Waals surface area (Å²) in [6, 6.07) is 0. The zero-order valence-electron chi connectivity index (χ0n) is 13.1. The molecule has 5 atom stereocenters. The van der Waals surface area contributed by atoms with Gasteiger partial charge in [-0.05, 0) is 27.2 Å². The van der Waals surface area contributed by atoms with Crippen LogP contribution in [0.25, 0.3) is 0 Å². The summed E-state index contributed by atoms with van der Waals surface area (Å²) in [5.41, 5.74) is 0. The molecule has 0 aromatic carbocycles. The van der Waals surface area contributed by atoms with Crippen LogP contribution in [-0.4, -0.2) is 75.0 Å². The Morgan fingerprint density at radius 2 is 1.90 bits per heavy atom. The summed E-state index contributed by atoms with van der Waals surface area (Å²) >= 11 is 0. The molecule has 2 aliphatic rings. The first kappa shape index (κ1) is 17.3. The second-order valence-electron chi connectivity index (χ2n) is 6.25. The van der Waals surface area contributed by atoms with Crippen LogP contribution in [-0.2, 0) is 28.2 Å². The Kier molecular flexibility index (Phi) is 5.15. The number of hydrogen-bond acceptors (Lipinski definition) is 7. The van der Waals surface area contributed by atoms with E-state index in [1.54, 1.807) is 20.4 Å². The third kappa shape index (κ3) is 3.85. The van der Waals surface area contributed by atoms with E-state index >= 15 is 0 Å². The zero-order valence-corrected chi connectivity index (χ0v) is 14.0. The van der Waals surface area contributed by atoms with Crippen molar-refractivity contribution in [1.29, 1.82) is 0 Å². The van der Waals surface area contributed by atoms with Crippen LogP contribution in [0.3, 0.4) is 0 Å². The summed E-state index contributed by atoms with van der Waals surface area (Å²) < 4.78 is 40.2. The lowest BCUT2D eigenvalue weighted by Crippen LogP contribution is -2.34. The maximum Gasteiger partial charge on any atom is 0.186 e. The predicted octanol–water partition coefficient (Wildman–Crippen LogP) is 0.835. The van der Waals surface area contributed by atoms with E-state index < -0.39 is 25.1 Å². The van der Waals surface area contributed by atoms with E-state index in [4.69, 9.17) is 23.7 Å². The average molecular weight is 324 g/mol. The fourth-order valence-electron chi connectivity index (χ4n) is 2.60. The van der Waals surface area contributed by atoms with Crippen LogP contribution in [0.2, 0.25) is 0 Å². The van der Waals surface area contributed by atoms with E-state index in [1.165, 1.54) is 0 Å². The summed E-state index contributed by atoms with van der Waals surface area (Å²) in [5.74, 6) is -1.40. The topological polar surface area (TPSA) is 83.5 Å². The first-order valence-electron chi connectivity index (χ1n) is 6.99. The molecule has 1 unspecified atom stereocenters. The summed E-state index contributed by atoms with van der Waals surface area (Å²) in [6.45, 7) is 6.71. The Morgan fingerprint density at radius 1 is 1.29 bits per heavy atom. The molecule has 2 aliphatic heterocycles. The Balaban J connectivity index is 1.99. The minimum absolute atomic E-state index is 0.164. The summed E-state index contributed by atoms with van der Waals surface area (Å²) in [5, 5.41) is 9.29. The molecule has 0 saturated carbocycles. The Labute approximate surface area is 125 Å². The minimum Gasteiger partial charge on any atom is -0.393 e. The van der Waals surface area contributed by atoms with Crippen molar-refractivity contribution >= 4 is 7.14 Å². The van der Waals surface area contributed by atoms with Crippen molar-refractivity contribution in [3.05, 3.63) is 0 Å². The van der Waals surface area contributed by atoms with Gasteiger partial charge in [-0.15, -0.1) is 0 Å². The van der Waals surface area contributed by atoms with Gasteiger partial charge in [0.15, 0.2) is 12.1 Å². The van der Waals surface area contributed by atoms with Gasteiger partial charge in [0.25, 0.3) is 0 Å². The van der Waals surface area contributed by atoms with Crippen LogP contribution in [0.1, 0.15) is 13.8 Å². The van der Waals surface area contributed by atoms with E-state index in [1.807, 2.05) is 13.8 Å². The van der Waals surface area contributed by atoms with Gasteiger partial charge in [-0.3, -0.25) is 0 Å². The lowest BCUT2D eigenvalue weighted by molar-refractivity contribution is -0.232. The zero-order chi connectivity index (χ0) is 15.8. The molecule has 2 heterocycles. The monoisotopic (exact) mass is 324 g/mol. The van der Waals surface area contributed by atoms with Crippen molar-refractivity contribution in [2.45, 2.75) is 50.1 Å². The average Bonchev–Trinajstić information content (AvgIpc) is 2.82. The molecule has 8 heteroatoms. The molecule has 21 heavy (non-hydrogen) atoms. The van der Waals surface area contributed by atoms with E-state index in [0.29, 0.717) is 0 Å². The Bertz CT molecular complexity index is 407. The van der Waals surface area contributed by atoms with Crippen LogP contribution in [0, 0.1) is 0 Å². The highest BCUT2D eigenvalue weighted by Crippen LogP contribution is 2.44. The lowest BCUT2D eigenvalue weighted by Gasteiger charge is -2.25. The molecular weight excluding hydrogens is 299 g/mol. The van der Waals surface area contributed by atoms with Crippen LogP contribution < -0.4 is 0 Å². The first-order valence-corrected chi connectivity index (χ1v) is 9.66. The van der Waals surface area contributed by atoms with Gasteiger partial charge in [0.2, 0.25) is 0 Å². The van der Waals surface area contributed by atoms with Crippen molar-refractivity contribution in [2.24, 2.45) is 0 Å². The van der Waals surface area contributed by atoms with E-state index in [-0.39, 0.29) is 31.5 Å². The summed E-state index contributed by atoms with van der Waals surface area (Å²) in [7, 11) is -0.995. The van der Waals surface area contributed by atoms with E-state index in [9.17, 15) is 9.67 Å². The maximum atomic E-state index is 12.0. The Morgan fingerprint density at radius 3 is 2.43 bits per heavy atom. The van der Waals surface area contributed by atoms with E-state index in [0.717, 1.165) is 0 Å². The molecule has 0 aromatic heterocycles. The van der Waals surface area contributed by atoms with Gasteiger partial charge in [0.1, 0.15) is 31.3 Å². The van der Waals surface area contributed by atoms with Crippen LogP contribution >= 0.6 is 7.14 Å². The van der Waals surface area contributed by atoms with Gasteiger partial charge in [0, 0.05) is 7.11 Å². The Hall–Kier alpha value is -0.0100. The molecule has 0 spiro atoms. The quantitative estimate of drug-likeness (QED) is 0.725. The van der Waals surface area contributed by atoms with Gasteiger partial charge in [-0.2, -0.15) is 0 Å². The molecule has 0 amide bonds. The number of hydrogen-bond donors (Lipinski definition) is 1. The van der Waals surface area contributed by atoms with Crippen molar-refractivity contribution in [2.75, 3.05) is 33.7 Å². The van der Waals surface area contributed by atoms with Crippen molar-refractivity contribution < 1.29 is 33.4 Å². The molecule has 2 saturated heterocycles. The highest BCUT2D eigenvalue weighted by Gasteiger charge is 2.55. The highest BCUT2D eigenvalue weighted by molar-refractivity contribution is 7.62. The molecule has 1 N–H and O–H groups in total. The second kappa shape index (κ2) is 6.24. The third-order valence-corrected chi connectivity index (χ3v) is 5.34. The van der Waals surface area contributed by atoms with Gasteiger partial charge < -0.3 is 33.4 Å². The number of aliphatic hydroxyl groups is 1. The smallest absolute Gasteiger partial charge is 0.186 e. The molecule has 0 aliphatic carbocycles. The standard InChI is InChI=1S/C13H25O7P/c1-13(2)19-10-8(18-12(16-3)11(10)20-13)7-17-9(6-14)21(4,5)15/h8-12,14H,6-7H2,1-5H3/t8-,9?,10-,11-,12-/m1/s1. The molecule has 0 aromatic rings. The number of ether oxygens (including phenoxy) is 5. The fourth-order valence-corrected chi connectivity index (χ4v) is 3.44. The van der Waals surface area contributed by atoms with Gasteiger partial charge >= 0.3 is 0 Å². The predicted molar refractivity (Wildman–Crippen MR) is 75.8 cm³/mol. The molecule has 0 bridgehead atoms. The largest absolute Gasteiger partial charge is 0.393 e. The van der Waals surface area contributed by atoms with Crippen molar-refractivity contribution in [3.63, 3.8) is 0 Å². The van der Waals surface area contributed by atoms with Gasteiger partial charge in [0.05, 0.1) is 13.2 Å². The molecule has 124 valence electrons. The highest BCUT2D eigenvalue weighted by atomic mass is 31.2. The first-order chi connectivity index (χ1) is 9.68. The number of aliphatic hydroxyl groups excluding tert-OH is 1. The van der Waals surface area contributed by atoms with Crippen LogP contribution in [0.4, 0.5) is 0 Å². The van der Waals surface area contributed by atoms with Crippen LogP contribution in [0.5, 0.6) is 0 Å². The number of methoxy groups -OCH3 is 1. The summed E-state index contributed by atoms with van der Waals surface area (Å²) in [4.78, 5) is 0. The minimum atomic E-state index is -2.54. The SMILES string of the molecule is CO[C@@H]1O[C@H](COC(CO)P(C)(C)=O)[C@H]2OC(C)(C)O[C@@H]12. The van der Waals surface area contributed by atoms with Crippen molar-refractivity contribution in [1.82, 2.24) is 0 Å². The normalized spacial score (nSPS) is 36.7. The van der Waals surface area contributed by atoms with Crippen LogP contribution in [0.15, 0.2) is 0 Å². The molecule has 0 radical (unpaired) electrons.